The van der Waals surface area contributed by atoms with E-state index in [9.17, 15) is 19.8 Å². The van der Waals surface area contributed by atoms with E-state index in [0.29, 0.717) is 19.4 Å². The molecule has 0 aromatic carbocycles. The molecule has 0 aliphatic carbocycles. The standard InChI is InChI=1S/C68H129NO5/c1-3-5-7-9-11-13-15-37-40-44-48-52-56-60-66(71)65(64-70)69-67(72)61-57-53-49-45-41-38-35-33-31-29-27-25-23-21-19-17-18-20-22-24-26-28-30-32-34-36-39-43-47-51-55-59-63-74-68(73)62-58-54-50-46-42-16-14-12-10-8-6-4-2/h12,14,20,22,56,60,65-66,70-71H,3-11,13,15-19,21,23-55,57-59,61-64H2,1-2H3,(H,69,72)/b14-12-,22-20-,60-56+. The smallest absolute Gasteiger partial charge is 0.305 e. The molecule has 3 N–H and O–H groups in total. The fraction of sp³-hybridized carbons (Fsp3) is 0.882. The van der Waals surface area contributed by atoms with Gasteiger partial charge in [0.25, 0.3) is 0 Å². The first-order chi connectivity index (χ1) is 36.5. The molecule has 0 aliphatic rings. The Bertz CT molecular complexity index is 1200. The number of carbonyl (C=O) groups excluding carboxylic acids is 2. The van der Waals surface area contributed by atoms with Crippen LogP contribution in [0.4, 0.5) is 0 Å². The Morgan fingerprint density at radius 1 is 0.365 bits per heavy atom. The summed E-state index contributed by atoms with van der Waals surface area (Å²) in [7, 11) is 0. The molecule has 0 saturated carbocycles. The van der Waals surface area contributed by atoms with Crippen molar-refractivity contribution in [3.8, 4) is 0 Å². The molecule has 2 atom stereocenters. The topological polar surface area (TPSA) is 95.9 Å². The number of rotatable bonds is 62. The maximum Gasteiger partial charge on any atom is 0.305 e. The molecule has 6 heteroatoms. The number of hydrogen-bond donors (Lipinski definition) is 3. The Labute approximate surface area is 462 Å². The molecule has 6 nitrogen and oxygen atoms in total. The van der Waals surface area contributed by atoms with Crippen molar-refractivity contribution >= 4 is 11.9 Å². The van der Waals surface area contributed by atoms with Crippen molar-refractivity contribution in [2.24, 2.45) is 0 Å². The number of aliphatic hydroxyl groups is 2. The summed E-state index contributed by atoms with van der Waals surface area (Å²) in [5.41, 5.74) is 0. The molecule has 0 heterocycles. The first-order valence-corrected chi connectivity index (χ1v) is 33.3. The summed E-state index contributed by atoms with van der Waals surface area (Å²) in [6.07, 6.45) is 80.7. The third-order valence-corrected chi connectivity index (χ3v) is 15.4. The van der Waals surface area contributed by atoms with Crippen molar-refractivity contribution in [1.29, 1.82) is 0 Å². The van der Waals surface area contributed by atoms with Crippen molar-refractivity contribution in [2.45, 2.75) is 373 Å². The Hall–Kier alpha value is -1.92. The molecule has 2 unspecified atom stereocenters. The predicted molar refractivity (Wildman–Crippen MR) is 324 cm³/mol. The normalized spacial score (nSPS) is 12.8. The first-order valence-electron chi connectivity index (χ1n) is 33.3. The number of amides is 1. The lowest BCUT2D eigenvalue weighted by Crippen LogP contribution is -2.45. The summed E-state index contributed by atoms with van der Waals surface area (Å²) < 4.78 is 5.47. The molecule has 436 valence electrons. The largest absolute Gasteiger partial charge is 0.466 e. The minimum atomic E-state index is -0.842. The molecule has 0 bridgehead atoms. The lowest BCUT2D eigenvalue weighted by atomic mass is 10.0. The number of nitrogens with one attached hydrogen (secondary N) is 1. The summed E-state index contributed by atoms with van der Waals surface area (Å²) in [5.74, 6) is -0.0567. The van der Waals surface area contributed by atoms with Crippen molar-refractivity contribution in [1.82, 2.24) is 5.32 Å². The van der Waals surface area contributed by atoms with Crippen LogP contribution in [0.15, 0.2) is 36.5 Å². The summed E-state index contributed by atoms with van der Waals surface area (Å²) in [6.45, 7) is 4.89. The quantitative estimate of drug-likeness (QED) is 0.0320. The van der Waals surface area contributed by atoms with Crippen LogP contribution in [-0.2, 0) is 14.3 Å². The Kier molecular flexibility index (Phi) is 62.0. The zero-order chi connectivity index (χ0) is 53.6. The molecule has 0 aromatic rings. The van der Waals surface area contributed by atoms with Gasteiger partial charge in [0.15, 0.2) is 0 Å². The fourth-order valence-electron chi connectivity index (χ4n) is 10.3. The average Bonchev–Trinajstić information content (AvgIpc) is 3.40. The van der Waals surface area contributed by atoms with Crippen molar-refractivity contribution in [3.05, 3.63) is 36.5 Å². The van der Waals surface area contributed by atoms with Crippen molar-refractivity contribution in [2.75, 3.05) is 13.2 Å². The number of carbonyl (C=O) groups is 2. The number of esters is 1. The van der Waals surface area contributed by atoms with Gasteiger partial charge < -0.3 is 20.3 Å². The van der Waals surface area contributed by atoms with Gasteiger partial charge in [0.05, 0.1) is 25.4 Å². The second-order valence-electron chi connectivity index (χ2n) is 22.8. The van der Waals surface area contributed by atoms with E-state index in [1.165, 1.54) is 289 Å². The van der Waals surface area contributed by atoms with Gasteiger partial charge in [0.1, 0.15) is 0 Å². The molecular formula is C68H129NO5. The summed E-state index contributed by atoms with van der Waals surface area (Å²) in [6, 6.07) is -0.625. The van der Waals surface area contributed by atoms with Gasteiger partial charge in [-0.25, -0.2) is 0 Å². The van der Waals surface area contributed by atoms with Gasteiger partial charge in [0, 0.05) is 12.8 Å². The van der Waals surface area contributed by atoms with Crippen LogP contribution in [0.5, 0.6) is 0 Å². The van der Waals surface area contributed by atoms with Crippen LogP contribution < -0.4 is 5.32 Å². The summed E-state index contributed by atoms with van der Waals surface area (Å²) in [5, 5.41) is 23.1. The van der Waals surface area contributed by atoms with Crippen LogP contribution in [0.2, 0.25) is 0 Å². The van der Waals surface area contributed by atoms with E-state index in [1.54, 1.807) is 6.08 Å². The molecule has 0 aliphatic heterocycles. The minimum absolute atomic E-state index is 0.00780. The van der Waals surface area contributed by atoms with E-state index >= 15 is 0 Å². The summed E-state index contributed by atoms with van der Waals surface area (Å²) in [4.78, 5) is 24.5. The van der Waals surface area contributed by atoms with Crippen LogP contribution in [0.3, 0.4) is 0 Å². The molecule has 1 amide bonds. The lowest BCUT2D eigenvalue weighted by Gasteiger charge is -2.20. The average molecular weight is 1040 g/mol. The second-order valence-corrected chi connectivity index (χ2v) is 22.8. The lowest BCUT2D eigenvalue weighted by molar-refractivity contribution is -0.143. The maximum atomic E-state index is 12.5. The second kappa shape index (κ2) is 63.6. The molecule has 0 aromatic heterocycles. The van der Waals surface area contributed by atoms with Gasteiger partial charge in [-0.15, -0.1) is 0 Å². The van der Waals surface area contributed by atoms with Gasteiger partial charge in [-0.1, -0.05) is 301 Å². The Morgan fingerprint density at radius 3 is 0.986 bits per heavy atom. The van der Waals surface area contributed by atoms with E-state index in [1.807, 2.05) is 6.08 Å². The van der Waals surface area contributed by atoms with Gasteiger partial charge in [-0.3, -0.25) is 9.59 Å². The highest BCUT2D eigenvalue weighted by Gasteiger charge is 2.18. The molecule has 0 fully saturated rings. The number of allylic oxidation sites excluding steroid dienone is 5. The van der Waals surface area contributed by atoms with E-state index in [-0.39, 0.29) is 18.5 Å². The first kappa shape index (κ1) is 72.1. The SMILES string of the molecule is CCCCC/C=C\CCCCCCCC(=O)OCCCCCCCCCCCCCC/C=C\CCCCCCCCCCCCCCCCCCC(=O)NC(CO)C(O)/C=C/CCCCCCCCCCCCC. The molecule has 0 saturated heterocycles. The molecule has 0 radical (unpaired) electrons. The third-order valence-electron chi connectivity index (χ3n) is 15.4. The van der Waals surface area contributed by atoms with Crippen molar-refractivity contribution in [3.63, 3.8) is 0 Å². The minimum Gasteiger partial charge on any atom is -0.466 e. The van der Waals surface area contributed by atoms with E-state index in [2.05, 4.69) is 43.5 Å². The van der Waals surface area contributed by atoms with Gasteiger partial charge in [-0.2, -0.15) is 0 Å². The zero-order valence-electron chi connectivity index (χ0n) is 49.8. The predicted octanol–water partition coefficient (Wildman–Crippen LogP) is 21.1. The van der Waals surface area contributed by atoms with E-state index in [4.69, 9.17) is 4.74 Å². The maximum absolute atomic E-state index is 12.5. The summed E-state index contributed by atoms with van der Waals surface area (Å²) >= 11 is 0. The van der Waals surface area contributed by atoms with Crippen LogP contribution in [0, 0.1) is 0 Å². The van der Waals surface area contributed by atoms with Gasteiger partial charge >= 0.3 is 5.97 Å². The van der Waals surface area contributed by atoms with Crippen LogP contribution >= 0.6 is 0 Å². The molecule has 74 heavy (non-hydrogen) atoms. The molecule has 0 spiro atoms. The molecular weight excluding hydrogens is 911 g/mol. The van der Waals surface area contributed by atoms with Gasteiger partial charge in [0.2, 0.25) is 5.91 Å². The monoisotopic (exact) mass is 1040 g/mol. The zero-order valence-corrected chi connectivity index (χ0v) is 49.8. The highest BCUT2D eigenvalue weighted by molar-refractivity contribution is 5.76. The van der Waals surface area contributed by atoms with Crippen molar-refractivity contribution < 1.29 is 24.5 Å². The number of hydrogen-bond acceptors (Lipinski definition) is 5. The van der Waals surface area contributed by atoms with Crippen LogP contribution in [0.25, 0.3) is 0 Å². The van der Waals surface area contributed by atoms with E-state index in [0.717, 1.165) is 44.9 Å². The Balaban J connectivity index is 3.36. The Morgan fingerprint density at radius 2 is 0.635 bits per heavy atom. The van der Waals surface area contributed by atoms with Crippen LogP contribution in [0.1, 0.15) is 361 Å². The van der Waals surface area contributed by atoms with E-state index < -0.39 is 12.1 Å². The fourth-order valence-corrected chi connectivity index (χ4v) is 10.3. The highest BCUT2D eigenvalue weighted by atomic mass is 16.5. The van der Waals surface area contributed by atoms with Gasteiger partial charge in [-0.05, 0) is 83.5 Å². The third kappa shape index (κ3) is 59.3. The number of ether oxygens (including phenoxy) is 1. The highest BCUT2D eigenvalue weighted by Crippen LogP contribution is 2.18. The molecule has 0 rings (SSSR count). The number of unbranched alkanes of at least 4 members (excludes halogenated alkanes) is 47. The van der Waals surface area contributed by atoms with Crippen LogP contribution in [-0.4, -0.2) is 47.4 Å². The number of aliphatic hydroxyl groups excluding tert-OH is 2.